The Kier molecular flexibility index (Phi) is 4.96. The Morgan fingerprint density at radius 1 is 1.35 bits per heavy atom. The van der Waals surface area contributed by atoms with Gasteiger partial charge >= 0.3 is 0 Å². The Labute approximate surface area is 106 Å². The van der Waals surface area contributed by atoms with Gasteiger partial charge in [-0.1, -0.05) is 18.2 Å². The molecule has 0 unspecified atom stereocenters. The van der Waals surface area contributed by atoms with Crippen LogP contribution in [0.1, 0.15) is 10.4 Å². The minimum absolute atomic E-state index is 0.00287. The number of sulfone groups is 1. The molecule has 0 radical (unpaired) electrons. The van der Waals surface area contributed by atoms with E-state index >= 15 is 0 Å². The molecule has 0 saturated carbocycles. The zero-order valence-electron chi connectivity index (χ0n) is 9.55. The number of carbonyl (C=O) groups excluding carboxylic acids is 1. The van der Waals surface area contributed by atoms with E-state index in [-0.39, 0.29) is 10.7 Å². The molecule has 3 nitrogen and oxygen atoms in total. The highest BCUT2D eigenvalue weighted by molar-refractivity contribution is 8.00. The van der Waals surface area contributed by atoms with E-state index in [1.54, 1.807) is 18.2 Å². The summed E-state index contributed by atoms with van der Waals surface area (Å²) in [7, 11) is -3.20. The summed E-state index contributed by atoms with van der Waals surface area (Å²) in [5, 5.41) is 0. The third-order valence-electron chi connectivity index (χ3n) is 2.07. The lowest BCUT2D eigenvalue weighted by atomic mass is 10.1. The Morgan fingerprint density at radius 2 is 1.94 bits per heavy atom. The van der Waals surface area contributed by atoms with Crippen LogP contribution in [0, 0.1) is 0 Å². The van der Waals surface area contributed by atoms with Crippen LogP contribution < -0.4 is 0 Å². The molecule has 17 heavy (non-hydrogen) atoms. The van der Waals surface area contributed by atoms with Crippen molar-refractivity contribution in [1.29, 1.82) is 0 Å². The Bertz CT molecular complexity index is 501. The van der Waals surface area contributed by atoms with Gasteiger partial charge in [0.2, 0.25) is 0 Å². The van der Waals surface area contributed by atoms with Crippen LogP contribution in [0.15, 0.2) is 41.8 Å². The van der Waals surface area contributed by atoms with Crippen molar-refractivity contribution < 1.29 is 13.2 Å². The Balaban J connectivity index is 2.74. The molecule has 0 aliphatic rings. The van der Waals surface area contributed by atoms with Gasteiger partial charge in [-0.15, -0.1) is 18.3 Å². The number of ketones is 1. The average Bonchev–Trinajstić information content (AvgIpc) is 2.28. The van der Waals surface area contributed by atoms with Crippen molar-refractivity contribution in [3.8, 4) is 0 Å². The van der Waals surface area contributed by atoms with Gasteiger partial charge in [-0.3, -0.25) is 4.79 Å². The molecule has 1 rings (SSSR count). The number of hydrogen-bond donors (Lipinski definition) is 0. The zero-order valence-corrected chi connectivity index (χ0v) is 11.2. The maximum absolute atomic E-state index is 11.7. The lowest BCUT2D eigenvalue weighted by Crippen LogP contribution is -2.04. The van der Waals surface area contributed by atoms with Crippen LogP contribution >= 0.6 is 11.8 Å². The summed E-state index contributed by atoms with van der Waals surface area (Å²) in [5.74, 6) is 1.11. The molecule has 0 N–H and O–H groups in total. The normalized spacial score (nSPS) is 11.1. The first kappa shape index (κ1) is 14.0. The van der Waals surface area contributed by atoms with Crippen molar-refractivity contribution in [2.24, 2.45) is 0 Å². The summed E-state index contributed by atoms with van der Waals surface area (Å²) < 4.78 is 22.4. The van der Waals surface area contributed by atoms with Crippen molar-refractivity contribution in [1.82, 2.24) is 0 Å². The van der Waals surface area contributed by atoms with Gasteiger partial charge in [0.05, 0.1) is 10.6 Å². The highest BCUT2D eigenvalue weighted by Gasteiger charge is 2.09. The topological polar surface area (TPSA) is 51.2 Å². The van der Waals surface area contributed by atoms with Crippen molar-refractivity contribution in [3.63, 3.8) is 0 Å². The fourth-order valence-electron chi connectivity index (χ4n) is 1.21. The van der Waals surface area contributed by atoms with Gasteiger partial charge in [0.1, 0.15) is 0 Å². The van der Waals surface area contributed by atoms with Gasteiger partial charge in [-0.2, -0.15) is 0 Å². The molecule has 1 aromatic carbocycles. The first-order valence-electron chi connectivity index (χ1n) is 4.97. The molecular weight excluding hydrogens is 256 g/mol. The molecule has 92 valence electrons. The predicted octanol–water partition coefficient (Wildman–Crippen LogP) is 2.19. The minimum Gasteiger partial charge on any atom is -0.293 e. The number of hydrogen-bond acceptors (Lipinski definition) is 4. The molecule has 0 aliphatic heterocycles. The minimum atomic E-state index is -3.20. The lowest BCUT2D eigenvalue weighted by Gasteiger charge is -2.02. The maximum Gasteiger partial charge on any atom is 0.175 e. The zero-order chi connectivity index (χ0) is 12.9. The molecule has 0 saturated heterocycles. The molecule has 0 atom stereocenters. The largest absolute Gasteiger partial charge is 0.293 e. The standard InChI is InChI=1S/C12H14O3S2/c1-3-8-16-9-12(13)10-4-6-11(7-5-10)17(2,14)15/h3-7H,1,8-9H2,2H3. The molecule has 0 spiro atoms. The molecule has 0 amide bonds. The first-order valence-corrected chi connectivity index (χ1v) is 8.01. The van der Waals surface area contributed by atoms with Gasteiger partial charge in [-0.25, -0.2) is 8.42 Å². The molecule has 0 bridgehead atoms. The highest BCUT2D eigenvalue weighted by atomic mass is 32.2. The summed E-state index contributed by atoms with van der Waals surface area (Å²) >= 11 is 1.48. The summed E-state index contributed by atoms with van der Waals surface area (Å²) in [6.07, 6.45) is 2.88. The second-order valence-corrected chi connectivity index (χ2v) is 6.57. The summed E-state index contributed by atoms with van der Waals surface area (Å²) in [4.78, 5) is 11.9. The Morgan fingerprint density at radius 3 is 2.41 bits per heavy atom. The van der Waals surface area contributed by atoms with Crippen molar-refractivity contribution >= 4 is 27.4 Å². The van der Waals surface area contributed by atoms with E-state index in [2.05, 4.69) is 6.58 Å². The third kappa shape index (κ3) is 4.36. The summed E-state index contributed by atoms with van der Waals surface area (Å²) in [6.45, 7) is 3.57. The van der Waals surface area contributed by atoms with Gasteiger partial charge in [0.25, 0.3) is 0 Å². The van der Waals surface area contributed by atoms with Gasteiger partial charge in [0, 0.05) is 17.6 Å². The van der Waals surface area contributed by atoms with E-state index in [1.165, 1.54) is 23.9 Å². The van der Waals surface area contributed by atoms with Crippen LogP contribution in [0.3, 0.4) is 0 Å². The van der Waals surface area contributed by atoms with Crippen LogP contribution in [-0.4, -0.2) is 32.0 Å². The van der Waals surface area contributed by atoms with Gasteiger partial charge in [-0.05, 0) is 12.1 Å². The first-order chi connectivity index (χ1) is 7.95. The van der Waals surface area contributed by atoms with E-state index < -0.39 is 9.84 Å². The van der Waals surface area contributed by atoms with Crippen molar-refractivity contribution in [2.75, 3.05) is 17.8 Å². The molecule has 5 heteroatoms. The van der Waals surface area contributed by atoms with Crippen LogP contribution in [0.25, 0.3) is 0 Å². The van der Waals surface area contributed by atoms with Crippen LogP contribution in [0.4, 0.5) is 0 Å². The molecule has 0 aromatic heterocycles. The van der Waals surface area contributed by atoms with Crippen molar-refractivity contribution in [3.05, 3.63) is 42.5 Å². The quantitative estimate of drug-likeness (QED) is 0.452. The predicted molar refractivity (Wildman–Crippen MR) is 71.4 cm³/mol. The van der Waals surface area contributed by atoms with Gasteiger partial charge < -0.3 is 0 Å². The SMILES string of the molecule is C=CCSCC(=O)c1ccc(S(C)(=O)=O)cc1. The second kappa shape index (κ2) is 6.02. The van der Waals surface area contributed by atoms with Crippen LogP contribution in [-0.2, 0) is 9.84 Å². The molecule has 0 fully saturated rings. The van der Waals surface area contributed by atoms with Crippen LogP contribution in [0.5, 0.6) is 0 Å². The molecule has 0 aliphatic carbocycles. The summed E-state index contributed by atoms with van der Waals surface area (Å²) in [5.41, 5.74) is 0.536. The van der Waals surface area contributed by atoms with E-state index in [0.29, 0.717) is 11.3 Å². The van der Waals surface area contributed by atoms with E-state index in [4.69, 9.17) is 0 Å². The third-order valence-corrected chi connectivity index (χ3v) is 4.14. The highest BCUT2D eigenvalue weighted by Crippen LogP contribution is 2.12. The summed E-state index contributed by atoms with van der Waals surface area (Å²) in [6, 6.07) is 6.02. The van der Waals surface area contributed by atoms with Crippen LogP contribution in [0.2, 0.25) is 0 Å². The monoisotopic (exact) mass is 270 g/mol. The molecular formula is C12H14O3S2. The lowest BCUT2D eigenvalue weighted by molar-refractivity contribution is 0.102. The molecule has 0 heterocycles. The average molecular weight is 270 g/mol. The number of Topliss-reactive ketones (excluding diaryl/α,β-unsaturated/α-hetero) is 1. The van der Waals surface area contributed by atoms with Crippen molar-refractivity contribution in [2.45, 2.75) is 4.90 Å². The number of carbonyl (C=O) groups is 1. The van der Waals surface area contributed by atoms with E-state index in [1.807, 2.05) is 0 Å². The Hall–Kier alpha value is -1.07. The maximum atomic E-state index is 11.7. The van der Waals surface area contributed by atoms with Gasteiger partial charge in [0.15, 0.2) is 15.6 Å². The molecule has 1 aromatic rings. The number of rotatable bonds is 6. The fraction of sp³-hybridized carbons (Fsp3) is 0.250. The van der Waals surface area contributed by atoms with E-state index in [9.17, 15) is 13.2 Å². The second-order valence-electron chi connectivity index (χ2n) is 3.52. The fourth-order valence-corrected chi connectivity index (χ4v) is 2.47. The van der Waals surface area contributed by atoms with E-state index in [0.717, 1.165) is 12.0 Å². The number of benzene rings is 1. The smallest absolute Gasteiger partial charge is 0.175 e. The number of thioether (sulfide) groups is 1.